The first-order valence-electron chi connectivity index (χ1n) is 5.27. The van der Waals surface area contributed by atoms with Crippen molar-refractivity contribution in [1.82, 2.24) is 20.2 Å². The maximum absolute atomic E-state index is 6.02. The number of aromatic nitrogens is 4. The number of benzene rings is 1. The molecule has 1 aromatic heterocycles. The van der Waals surface area contributed by atoms with Crippen LogP contribution in [0.25, 0.3) is 0 Å². The van der Waals surface area contributed by atoms with E-state index in [1.54, 1.807) is 4.68 Å². The van der Waals surface area contributed by atoms with E-state index in [2.05, 4.69) is 15.5 Å². The summed E-state index contributed by atoms with van der Waals surface area (Å²) in [7, 11) is 0. The minimum atomic E-state index is -0.222. The lowest BCUT2D eigenvalue weighted by Crippen LogP contribution is -2.12. The Balaban J connectivity index is 2.33. The molecule has 0 radical (unpaired) electrons. The third kappa shape index (κ3) is 2.58. The van der Waals surface area contributed by atoms with Crippen molar-refractivity contribution in [3.8, 4) is 0 Å². The molecule has 0 amide bonds. The monoisotopic (exact) mass is 270 g/mol. The zero-order valence-corrected chi connectivity index (χ0v) is 11.0. The molecule has 0 N–H and O–H groups in total. The Kier molecular flexibility index (Phi) is 3.64. The highest BCUT2D eigenvalue weighted by atomic mass is 35.5. The van der Waals surface area contributed by atoms with Crippen molar-refractivity contribution in [2.45, 2.75) is 25.3 Å². The molecule has 0 aliphatic heterocycles. The van der Waals surface area contributed by atoms with Crippen molar-refractivity contribution in [1.29, 1.82) is 0 Å². The summed E-state index contributed by atoms with van der Waals surface area (Å²) < 4.78 is 1.72. The lowest BCUT2D eigenvalue weighted by molar-refractivity contribution is 0.521. The molecule has 1 heterocycles. The van der Waals surface area contributed by atoms with Crippen LogP contribution < -0.4 is 0 Å². The summed E-state index contributed by atoms with van der Waals surface area (Å²) in [5.41, 5.74) is 1.08. The standard InChI is InChI=1S/C11H12Cl2N4/c1-7(12)11-14-15-16-17(11)8(2)9-3-5-10(13)6-4-9/h3-8H,1-2H3. The highest BCUT2D eigenvalue weighted by Gasteiger charge is 2.17. The Hall–Kier alpha value is -1.13. The van der Waals surface area contributed by atoms with Gasteiger partial charge in [0, 0.05) is 5.02 Å². The van der Waals surface area contributed by atoms with Gasteiger partial charge >= 0.3 is 0 Å². The summed E-state index contributed by atoms with van der Waals surface area (Å²) in [6, 6.07) is 7.64. The lowest BCUT2D eigenvalue weighted by atomic mass is 10.1. The van der Waals surface area contributed by atoms with Crippen LogP contribution in [-0.2, 0) is 0 Å². The molecule has 2 rings (SSSR count). The molecule has 0 bridgehead atoms. The van der Waals surface area contributed by atoms with Gasteiger partial charge in [-0.15, -0.1) is 16.7 Å². The second kappa shape index (κ2) is 5.02. The topological polar surface area (TPSA) is 43.6 Å². The van der Waals surface area contributed by atoms with E-state index in [1.807, 2.05) is 38.1 Å². The normalized spacial score (nSPS) is 14.6. The Labute approximate surface area is 110 Å². The fraction of sp³-hybridized carbons (Fsp3) is 0.364. The number of rotatable bonds is 3. The Bertz CT molecular complexity index is 492. The van der Waals surface area contributed by atoms with E-state index in [4.69, 9.17) is 23.2 Å². The number of hydrogen-bond donors (Lipinski definition) is 0. The first-order chi connectivity index (χ1) is 8.09. The van der Waals surface area contributed by atoms with E-state index in [9.17, 15) is 0 Å². The van der Waals surface area contributed by atoms with Gasteiger partial charge in [0.05, 0.1) is 11.4 Å². The van der Waals surface area contributed by atoms with Crippen molar-refractivity contribution in [2.24, 2.45) is 0 Å². The molecule has 0 aliphatic rings. The van der Waals surface area contributed by atoms with Crippen LogP contribution in [0.4, 0.5) is 0 Å². The van der Waals surface area contributed by atoms with Crippen LogP contribution in [0.3, 0.4) is 0 Å². The molecule has 2 aromatic rings. The zero-order valence-electron chi connectivity index (χ0n) is 9.51. The summed E-state index contributed by atoms with van der Waals surface area (Å²) in [5, 5.41) is 12.0. The maximum Gasteiger partial charge on any atom is 0.169 e. The SMILES string of the molecule is CC(Cl)c1nnnn1C(C)c1ccc(Cl)cc1. The Morgan fingerprint density at radius 2 is 1.82 bits per heavy atom. The van der Waals surface area contributed by atoms with Gasteiger partial charge in [-0.1, -0.05) is 23.7 Å². The third-order valence-corrected chi connectivity index (χ3v) is 3.04. The van der Waals surface area contributed by atoms with Crippen LogP contribution in [0, 0.1) is 0 Å². The van der Waals surface area contributed by atoms with Gasteiger partial charge < -0.3 is 0 Å². The number of alkyl halides is 1. The van der Waals surface area contributed by atoms with E-state index >= 15 is 0 Å². The molecular weight excluding hydrogens is 259 g/mol. The molecule has 2 unspecified atom stereocenters. The van der Waals surface area contributed by atoms with E-state index < -0.39 is 0 Å². The van der Waals surface area contributed by atoms with Gasteiger partial charge in [0.2, 0.25) is 0 Å². The van der Waals surface area contributed by atoms with Crippen molar-refractivity contribution < 1.29 is 0 Å². The van der Waals surface area contributed by atoms with E-state index in [0.29, 0.717) is 10.8 Å². The second-order valence-electron chi connectivity index (χ2n) is 3.83. The van der Waals surface area contributed by atoms with E-state index in [1.165, 1.54) is 0 Å². The number of hydrogen-bond acceptors (Lipinski definition) is 3. The molecule has 0 saturated carbocycles. The molecule has 0 fully saturated rings. The number of halogens is 2. The van der Waals surface area contributed by atoms with Crippen LogP contribution in [0.5, 0.6) is 0 Å². The number of tetrazole rings is 1. The summed E-state index contributed by atoms with van der Waals surface area (Å²) >= 11 is 11.9. The van der Waals surface area contributed by atoms with Crippen molar-refractivity contribution in [3.05, 3.63) is 40.7 Å². The molecule has 90 valence electrons. The van der Waals surface area contributed by atoms with Gasteiger partial charge in [0.1, 0.15) is 0 Å². The second-order valence-corrected chi connectivity index (χ2v) is 4.92. The zero-order chi connectivity index (χ0) is 12.4. The summed E-state index contributed by atoms with van der Waals surface area (Å²) in [6.45, 7) is 3.86. The van der Waals surface area contributed by atoms with Gasteiger partial charge in [-0.25, -0.2) is 4.68 Å². The van der Waals surface area contributed by atoms with Crippen molar-refractivity contribution in [2.75, 3.05) is 0 Å². The Morgan fingerprint density at radius 1 is 1.18 bits per heavy atom. The van der Waals surface area contributed by atoms with Crippen LogP contribution in [0.15, 0.2) is 24.3 Å². The van der Waals surface area contributed by atoms with Gasteiger partial charge in [-0.2, -0.15) is 0 Å². The van der Waals surface area contributed by atoms with Crippen LogP contribution in [0.1, 0.15) is 36.7 Å². The van der Waals surface area contributed by atoms with Gasteiger partial charge in [0.25, 0.3) is 0 Å². The predicted molar refractivity (Wildman–Crippen MR) is 67.4 cm³/mol. The Morgan fingerprint density at radius 3 is 2.41 bits per heavy atom. The molecule has 0 saturated heterocycles. The molecule has 1 aromatic carbocycles. The summed E-state index contributed by atoms with van der Waals surface area (Å²) in [4.78, 5) is 0. The van der Waals surface area contributed by atoms with Gasteiger partial charge in [0.15, 0.2) is 5.82 Å². The molecular formula is C11H12Cl2N4. The molecule has 0 spiro atoms. The largest absolute Gasteiger partial charge is 0.221 e. The van der Waals surface area contributed by atoms with Crippen molar-refractivity contribution >= 4 is 23.2 Å². The van der Waals surface area contributed by atoms with Crippen LogP contribution in [-0.4, -0.2) is 20.2 Å². The molecule has 4 nitrogen and oxygen atoms in total. The highest BCUT2D eigenvalue weighted by molar-refractivity contribution is 6.30. The minimum Gasteiger partial charge on any atom is -0.221 e. The summed E-state index contributed by atoms with van der Waals surface area (Å²) in [5.74, 6) is 0.661. The first kappa shape index (κ1) is 12.3. The van der Waals surface area contributed by atoms with Crippen LogP contribution >= 0.6 is 23.2 Å². The fourth-order valence-corrected chi connectivity index (χ4v) is 1.89. The van der Waals surface area contributed by atoms with Gasteiger partial charge in [-0.05, 0) is 42.0 Å². The van der Waals surface area contributed by atoms with Gasteiger partial charge in [-0.3, -0.25) is 0 Å². The first-order valence-corrected chi connectivity index (χ1v) is 6.08. The van der Waals surface area contributed by atoms with E-state index in [0.717, 1.165) is 5.56 Å². The van der Waals surface area contributed by atoms with E-state index in [-0.39, 0.29) is 11.4 Å². The molecule has 17 heavy (non-hydrogen) atoms. The molecule has 2 atom stereocenters. The molecule has 0 aliphatic carbocycles. The predicted octanol–water partition coefficient (Wildman–Crippen LogP) is 3.24. The maximum atomic E-state index is 6.02. The van der Waals surface area contributed by atoms with Crippen LogP contribution in [0.2, 0.25) is 5.02 Å². The smallest absolute Gasteiger partial charge is 0.169 e. The average Bonchev–Trinajstić information content (AvgIpc) is 2.78. The molecule has 6 heteroatoms. The third-order valence-electron chi connectivity index (χ3n) is 2.59. The summed E-state index contributed by atoms with van der Waals surface area (Å²) in [6.07, 6.45) is 0. The number of nitrogens with zero attached hydrogens (tertiary/aromatic N) is 4. The quantitative estimate of drug-likeness (QED) is 0.805. The lowest BCUT2D eigenvalue weighted by Gasteiger charge is -2.14. The van der Waals surface area contributed by atoms with Crippen molar-refractivity contribution in [3.63, 3.8) is 0 Å². The highest BCUT2D eigenvalue weighted by Crippen LogP contribution is 2.24. The minimum absolute atomic E-state index is 0.0264. The average molecular weight is 271 g/mol. The fourth-order valence-electron chi connectivity index (χ4n) is 1.62.